The number of aliphatic hydroxyl groups is 3. The van der Waals surface area contributed by atoms with Gasteiger partial charge in [-0.05, 0) is 193 Å². The third kappa shape index (κ3) is 21.1. The third-order valence-corrected chi connectivity index (χ3v) is 22.7. The van der Waals surface area contributed by atoms with E-state index in [1.807, 2.05) is 114 Å². The van der Waals surface area contributed by atoms with Crippen molar-refractivity contribution in [1.29, 1.82) is 0 Å². The Morgan fingerprint density at radius 3 is 0.966 bits per heavy atom. The van der Waals surface area contributed by atoms with Crippen molar-refractivity contribution in [3.63, 3.8) is 0 Å². The van der Waals surface area contributed by atoms with E-state index in [0.29, 0.717) is 0 Å². The van der Waals surface area contributed by atoms with Crippen LogP contribution in [0, 0.1) is 66.7 Å². The molecule has 3 N–H and O–H groups in total. The summed E-state index contributed by atoms with van der Waals surface area (Å²) >= 11 is 5.45. The van der Waals surface area contributed by atoms with Crippen LogP contribution in [0.2, 0.25) is 0 Å². The number of allylic oxidation sites excluding steroid dienone is 6. The molecule has 9 heterocycles. The predicted molar refractivity (Wildman–Crippen MR) is 483 cm³/mol. The third-order valence-electron chi connectivity index (χ3n) is 19.3. The first kappa shape index (κ1) is 90.6. The molecule has 119 heavy (non-hydrogen) atoms. The fraction of sp³-hybridized carbons (Fsp3) is 0.168. The average molecular weight is 2160 g/mol. The van der Waals surface area contributed by atoms with Crippen LogP contribution in [-0.2, 0) is 80.1 Å². The van der Waals surface area contributed by atoms with Gasteiger partial charge in [0.2, 0.25) is 0 Å². The second kappa shape index (κ2) is 39.0. The number of benzene rings is 9. The van der Waals surface area contributed by atoms with Gasteiger partial charge in [-0.2, -0.15) is 0 Å². The Kier molecular flexibility index (Phi) is 29.7. The smallest absolute Gasteiger partial charge is 0.155 e. The van der Waals surface area contributed by atoms with Crippen LogP contribution in [0.3, 0.4) is 0 Å². The monoisotopic (exact) mass is 2160 g/mol. The maximum atomic E-state index is 10.0. The zero-order valence-corrected chi connectivity index (χ0v) is 78.4. The number of hydrogen-bond acceptors (Lipinski definition) is 15. The Balaban J connectivity index is 0.000000165. The molecular weight excluding hydrogens is 2070 g/mol. The first-order chi connectivity index (χ1) is 55.4. The molecule has 0 spiro atoms. The topological polar surface area (TPSA) is 190 Å². The molecule has 3 radical (unpaired) electrons. The number of pyridine rings is 3. The number of aromatic nitrogens is 3. The summed E-state index contributed by atoms with van der Waals surface area (Å²) in [4.78, 5) is 48.2. The van der Waals surface area contributed by atoms with Crippen molar-refractivity contribution in [3.05, 3.63) is 305 Å². The van der Waals surface area contributed by atoms with E-state index in [0.717, 1.165) is 105 Å². The number of hydrogen-bond donors (Lipinski definition) is 3. The first-order valence-corrected chi connectivity index (χ1v) is 40.4. The summed E-state index contributed by atoms with van der Waals surface area (Å²) in [7, 11) is 0. The number of carbonyl (C=O) groups excluding carboxylic acids is 3. The van der Waals surface area contributed by atoms with Crippen LogP contribution in [0.5, 0.6) is 0 Å². The first-order valence-electron chi connectivity index (χ1n) is 38.0. The van der Waals surface area contributed by atoms with E-state index >= 15 is 0 Å². The molecule has 0 unspecified atom stereocenters. The normalized spacial score (nSPS) is 11.5. The van der Waals surface area contributed by atoms with Crippen LogP contribution in [0.4, 0.5) is 0 Å². The van der Waals surface area contributed by atoms with E-state index in [-0.39, 0.29) is 100 Å². The second-order valence-electron chi connectivity index (χ2n) is 30.3. The summed E-state index contributed by atoms with van der Waals surface area (Å²) in [5.41, 5.74) is 25.2. The van der Waals surface area contributed by atoms with Gasteiger partial charge < -0.3 is 43.5 Å². The van der Waals surface area contributed by atoms with Crippen LogP contribution < -0.4 is 0 Å². The van der Waals surface area contributed by atoms with Crippen molar-refractivity contribution in [3.8, 4) is 65.1 Å². The number of ketones is 3. The zero-order chi connectivity index (χ0) is 82.6. The number of thiophene rings is 3. The van der Waals surface area contributed by atoms with Crippen LogP contribution in [0.25, 0.3) is 161 Å². The van der Waals surface area contributed by atoms with Gasteiger partial charge in [-0.15, -0.1) is 88.6 Å². The Bertz CT molecular complexity index is 6790. The summed E-state index contributed by atoms with van der Waals surface area (Å²) in [6.07, 6.45) is 9.41. The second-order valence-corrected chi connectivity index (χ2v) is 33.6. The fourth-order valence-corrected chi connectivity index (χ4v) is 18.1. The number of fused-ring (bicyclic) bond motifs is 12. The van der Waals surface area contributed by atoms with Crippen LogP contribution in [-0.4, -0.2) is 47.6 Å². The number of nitrogens with zero attached hydrogens (tertiary/aromatic N) is 3. The van der Waals surface area contributed by atoms with Gasteiger partial charge in [-0.3, -0.25) is 14.4 Å². The van der Waals surface area contributed by atoms with Gasteiger partial charge in [0.15, 0.2) is 17.3 Å². The van der Waals surface area contributed by atoms with Gasteiger partial charge in [0, 0.05) is 158 Å². The number of aliphatic hydroxyl groups excluding tert-OH is 3. The largest absolute Gasteiger partial charge is 0.512 e. The molecular formula is C101H88Ir3N3O9S3-3. The summed E-state index contributed by atoms with van der Waals surface area (Å²) < 4.78 is 22.3. The molecule has 0 saturated heterocycles. The molecule has 9 aromatic carbocycles. The van der Waals surface area contributed by atoms with E-state index in [1.165, 1.54) is 160 Å². The van der Waals surface area contributed by atoms with Gasteiger partial charge in [-0.25, -0.2) is 0 Å². The van der Waals surface area contributed by atoms with E-state index in [2.05, 4.69) is 203 Å². The van der Waals surface area contributed by atoms with E-state index in [4.69, 9.17) is 43.5 Å². The van der Waals surface area contributed by atoms with Crippen LogP contribution >= 0.6 is 34.0 Å². The minimum absolute atomic E-state index is 0. The molecule has 0 fully saturated rings. The van der Waals surface area contributed by atoms with Crippen molar-refractivity contribution >= 4 is 147 Å². The van der Waals surface area contributed by atoms with Gasteiger partial charge in [0.25, 0.3) is 0 Å². The molecule has 0 saturated carbocycles. The number of furan rings is 3. The van der Waals surface area contributed by atoms with Crippen molar-refractivity contribution in [2.45, 2.75) is 116 Å². The molecule has 0 bridgehead atoms. The summed E-state index contributed by atoms with van der Waals surface area (Å²) in [5.74, 6) is -0.187. The van der Waals surface area contributed by atoms with Crippen molar-refractivity contribution in [2.24, 2.45) is 0 Å². The molecule has 0 aliphatic heterocycles. The Labute approximate surface area is 745 Å². The minimum Gasteiger partial charge on any atom is -0.512 e. The molecule has 12 nitrogen and oxygen atoms in total. The molecule has 18 rings (SSSR count). The zero-order valence-electron chi connectivity index (χ0n) is 68.7. The van der Waals surface area contributed by atoms with Gasteiger partial charge in [-0.1, -0.05) is 186 Å². The van der Waals surface area contributed by atoms with Crippen molar-refractivity contribution in [1.82, 2.24) is 15.0 Å². The number of rotatable bonds is 9. The molecule has 0 amide bonds. The van der Waals surface area contributed by atoms with Gasteiger partial charge in [0.05, 0.1) is 34.0 Å². The maximum absolute atomic E-state index is 10.0. The molecule has 18 aromatic rings. The predicted octanol–water partition coefficient (Wildman–Crippen LogP) is 28.6. The minimum atomic E-state index is -0.125. The fourth-order valence-electron chi connectivity index (χ4n) is 14.6. The summed E-state index contributed by atoms with van der Waals surface area (Å²) in [5, 5.41) is 35.3. The SMILES string of the molecule is CC(=O)C=C(C)O.CC(=O)C=C(C)O.CC(=O)C=C(C)O.Cc1cc(C(C)(C)C)cc(C)c1-c1cc2cnc(-c3[c-]ccc4c3oc3ccccc34)cc2s1.Cc1cc(C)c(-c2cc3cnc(-c4[c-]ccc5c4oc4ccccc45)cc3s2)c(C)c1.Cc1cc(C)cc(-c2cc3cnc(-c4[c-]ccc5c4oc4ccccc45)cc3s2)c1.[Ir].[Ir].[Ir]. The molecule has 609 valence electrons. The number of aryl methyl sites for hydroxylation is 7. The Morgan fingerprint density at radius 2 is 0.664 bits per heavy atom. The number of carbonyl (C=O) groups is 3. The Hall–Kier alpha value is -10.7. The van der Waals surface area contributed by atoms with Gasteiger partial charge in [0.1, 0.15) is 16.7 Å². The standard InChI is InChI=1S/C31H26NOS.C28H20NOS.C27H18NOS.3C5H8O2.3Ir/c1-18-13-21(31(3,4)5)14-19(2)29(18)28-15-20-17-32-25(16-27(20)34-28)24-11-8-10-23-22-9-6-7-12-26(22)33-30(23)24;1-16-11-17(2)27(18(3)12-16)26-13-19-15-29-23(14-25(19)31-26)22-9-6-8-21-20-7-4-5-10-24(20)30-28(21)22;1-16-10-17(2)12-18(11-16)25-13-19-15-28-23(14-26(19)30-25)22-8-5-7-21-20-6-3-4-9-24(20)29-27(21)22;3*1-4(6)3-5(2)7;;;/h6-10,12-17H,1-5H3;4-8,10-15H,1-3H3;3-7,9-15H,1-2H3;3*3,6H,1-2H3;;;/q3*-1;;;;;;. The molecule has 0 aliphatic rings. The molecule has 18 heteroatoms. The molecule has 0 atom stereocenters. The molecule has 0 aliphatic carbocycles. The van der Waals surface area contributed by atoms with E-state index in [1.54, 1.807) is 11.3 Å². The molecule has 9 aromatic heterocycles. The quantitative estimate of drug-likeness (QED) is 0.0705. The Morgan fingerprint density at radius 1 is 0.370 bits per heavy atom. The van der Waals surface area contributed by atoms with E-state index in [9.17, 15) is 14.4 Å². The van der Waals surface area contributed by atoms with Gasteiger partial charge >= 0.3 is 0 Å². The van der Waals surface area contributed by atoms with Crippen molar-refractivity contribution in [2.75, 3.05) is 0 Å². The average Bonchev–Trinajstić information content (AvgIpc) is 1.63. The van der Waals surface area contributed by atoms with Crippen LogP contribution in [0.1, 0.15) is 107 Å². The summed E-state index contributed by atoms with van der Waals surface area (Å²) in [6, 6.07) is 75.8. The maximum Gasteiger partial charge on any atom is 0.155 e. The summed E-state index contributed by atoms with van der Waals surface area (Å²) in [6.45, 7) is 30.6. The van der Waals surface area contributed by atoms with Crippen LogP contribution in [0.15, 0.2) is 255 Å². The van der Waals surface area contributed by atoms with Crippen molar-refractivity contribution < 1.29 is 103 Å². The van der Waals surface area contributed by atoms with E-state index < -0.39 is 0 Å². The number of para-hydroxylation sites is 3.